The molecule has 0 saturated carbocycles. The Morgan fingerprint density at radius 3 is 2.22 bits per heavy atom. The molecule has 0 aliphatic heterocycles. The Kier molecular flexibility index (Phi) is 8.22. The number of carbonyl (C=O) groups is 2. The van der Waals surface area contributed by atoms with Gasteiger partial charge in [-0.1, -0.05) is 120 Å². The van der Waals surface area contributed by atoms with Crippen LogP contribution in [0.5, 0.6) is 11.5 Å². The largest absolute Gasteiger partial charge is 0.455 e. The summed E-state index contributed by atoms with van der Waals surface area (Å²) in [6.45, 7) is 13.4. The molecule has 1 atom stereocenters. The van der Waals surface area contributed by atoms with Crippen molar-refractivity contribution < 1.29 is 14.3 Å². The summed E-state index contributed by atoms with van der Waals surface area (Å²) in [5.74, 6) is 0.742. The maximum atomic E-state index is 14.4. The predicted octanol–water partition coefficient (Wildman–Crippen LogP) is 10.4. The Bertz CT molecular complexity index is 2280. The number of hydrogen-bond donors (Lipinski definition) is 2. The number of allylic oxidation sites excluding steroid dienone is 3. The van der Waals surface area contributed by atoms with Crippen LogP contribution in [0.25, 0.3) is 22.0 Å². The quantitative estimate of drug-likeness (QED) is 0.158. The first-order chi connectivity index (χ1) is 23.8. The molecule has 1 aromatic heterocycles. The fourth-order valence-electron chi connectivity index (χ4n) is 7.62. The maximum absolute atomic E-state index is 14.4. The zero-order valence-electron chi connectivity index (χ0n) is 29.4. The number of carbonyl (C=O) groups excluding carboxylic acids is 2. The van der Waals surface area contributed by atoms with Crippen LogP contribution in [0.3, 0.4) is 0 Å². The van der Waals surface area contributed by atoms with Gasteiger partial charge in [-0.05, 0) is 58.9 Å². The lowest BCUT2D eigenvalue weighted by molar-refractivity contribution is 0.102. The normalized spacial score (nSPS) is 15.4. The number of fused-ring (bicyclic) bond motifs is 2. The molecule has 6 heteroatoms. The maximum Gasteiger partial charge on any atom is 0.260 e. The number of aromatic amines is 1. The number of nitrogens with one attached hydrogen (secondary N) is 2. The van der Waals surface area contributed by atoms with E-state index in [0.717, 1.165) is 18.5 Å². The van der Waals surface area contributed by atoms with E-state index in [1.54, 1.807) is 48.5 Å². The van der Waals surface area contributed by atoms with Crippen LogP contribution in [0, 0.1) is 11.3 Å². The van der Waals surface area contributed by atoms with Crippen LogP contribution in [0.1, 0.15) is 91.8 Å². The molecule has 2 aliphatic rings. The van der Waals surface area contributed by atoms with E-state index in [1.165, 1.54) is 5.56 Å². The summed E-state index contributed by atoms with van der Waals surface area (Å²) < 4.78 is 6.61. The molecular weight excluding hydrogens is 620 g/mol. The Morgan fingerprint density at radius 2 is 1.56 bits per heavy atom. The first-order valence-electron chi connectivity index (χ1n) is 17.3. The third kappa shape index (κ3) is 6.11. The molecule has 7 rings (SSSR count). The van der Waals surface area contributed by atoms with Crippen LogP contribution in [-0.2, 0) is 5.41 Å². The predicted molar refractivity (Wildman–Crippen MR) is 202 cm³/mol. The molecule has 0 amide bonds. The van der Waals surface area contributed by atoms with E-state index >= 15 is 0 Å². The van der Waals surface area contributed by atoms with Gasteiger partial charge in [0.15, 0.2) is 17.3 Å². The molecule has 252 valence electrons. The molecule has 2 N–H and O–H groups in total. The van der Waals surface area contributed by atoms with Crippen LogP contribution in [0.4, 0.5) is 5.69 Å². The number of H-pyrrole nitrogens is 1. The Balaban J connectivity index is 1.46. The number of aromatic nitrogens is 1. The number of ether oxygens (including phenoxy) is 1. The van der Waals surface area contributed by atoms with Crippen molar-refractivity contribution in [2.45, 2.75) is 59.8 Å². The summed E-state index contributed by atoms with van der Waals surface area (Å²) in [5.41, 5.74) is 4.67. The molecule has 0 fully saturated rings. The van der Waals surface area contributed by atoms with E-state index < -0.39 is 11.3 Å². The monoisotopic (exact) mass is 662 g/mol. The second-order valence-corrected chi connectivity index (χ2v) is 15.4. The fourth-order valence-corrected chi connectivity index (χ4v) is 7.62. The minimum atomic E-state index is -0.548. The SMILES string of the molecule is CC1C=CC(Nc2cc(Oc3ccc(C(C)(C)CC(C)(C)C)cc3)c3[nH]c(=O)c(C(=O)c4ccccc4)c4c3c2C(=O)c2ccccc2-4)=CC1. The summed E-state index contributed by atoms with van der Waals surface area (Å²) in [6, 6.07) is 25.8. The molecule has 5 aromatic rings. The lowest BCUT2D eigenvalue weighted by Crippen LogP contribution is -2.24. The second-order valence-electron chi connectivity index (χ2n) is 15.4. The summed E-state index contributed by atoms with van der Waals surface area (Å²) in [4.78, 5) is 45.7. The minimum Gasteiger partial charge on any atom is -0.455 e. The number of rotatable bonds is 8. The van der Waals surface area contributed by atoms with Crippen LogP contribution in [-0.4, -0.2) is 16.6 Å². The van der Waals surface area contributed by atoms with Gasteiger partial charge < -0.3 is 15.0 Å². The van der Waals surface area contributed by atoms with Crippen molar-refractivity contribution in [3.8, 4) is 22.6 Å². The zero-order chi connectivity index (χ0) is 35.4. The first kappa shape index (κ1) is 33.0. The highest BCUT2D eigenvalue weighted by atomic mass is 16.5. The van der Waals surface area contributed by atoms with Gasteiger partial charge >= 0.3 is 0 Å². The highest BCUT2D eigenvalue weighted by Crippen LogP contribution is 2.47. The second kappa shape index (κ2) is 12.4. The van der Waals surface area contributed by atoms with Gasteiger partial charge in [0.1, 0.15) is 5.75 Å². The third-order valence-corrected chi connectivity index (χ3v) is 9.62. The van der Waals surface area contributed by atoms with Gasteiger partial charge in [-0.25, -0.2) is 0 Å². The van der Waals surface area contributed by atoms with Gasteiger partial charge in [0.2, 0.25) is 0 Å². The van der Waals surface area contributed by atoms with Gasteiger partial charge in [0.25, 0.3) is 5.56 Å². The highest BCUT2D eigenvalue weighted by molar-refractivity contribution is 6.31. The van der Waals surface area contributed by atoms with Gasteiger partial charge in [0.05, 0.1) is 22.3 Å². The van der Waals surface area contributed by atoms with E-state index in [2.05, 4.69) is 76.1 Å². The topological polar surface area (TPSA) is 88.3 Å². The van der Waals surface area contributed by atoms with E-state index in [9.17, 15) is 14.4 Å². The minimum absolute atomic E-state index is 0.0102. The van der Waals surface area contributed by atoms with Crippen molar-refractivity contribution in [2.75, 3.05) is 5.32 Å². The lowest BCUT2D eigenvalue weighted by Gasteiger charge is -2.33. The molecule has 1 heterocycles. The average molecular weight is 663 g/mol. The summed E-state index contributed by atoms with van der Waals surface area (Å²) >= 11 is 0. The van der Waals surface area contributed by atoms with Crippen LogP contribution in [0.15, 0.2) is 114 Å². The van der Waals surface area contributed by atoms with Gasteiger partial charge in [-0.15, -0.1) is 0 Å². The Labute approximate surface area is 292 Å². The number of pyridine rings is 1. The molecule has 6 nitrogen and oxygen atoms in total. The molecule has 1 unspecified atom stereocenters. The number of ketones is 2. The van der Waals surface area contributed by atoms with Crippen LogP contribution >= 0.6 is 0 Å². The van der Waals surface area contributed by atoms with Gasteiger partial charge in [-0.2, -0.15) is 0 Å². The van der Waals surface area contributed by atoms with Crippen molar-refractivity contribution in [1.82, 2.24) is 4.98 Å². The van der Waals surface area contributed by atoms with Gasteiger partial charge in [-0.3, -0.25) is 14.4 Å². The molecule has 2 aliphatic carbocycles. The smallest absolute Gasteiger partial charge is 0.260 e. The number of hydrogen-bond acceptors (Lipinski definition) is 5. The number of anilines is 1. The standard InChI is InChI=1S/C44H42N2O4/c1-26-16-20-29(21-17-26)45-33-24-34(50-30-22-18-28(19-23-30)44(5,6)25-43(2,3)4)39-37-35(31-14-10-11-15-32(31)41(48)36(33)37)38(42(49)46-39)40(47)27-12-8-7-9-13-27/h7-16,18-24,26,45H,17,25H2,1-6H3,(H,46,49). The average Bonchev–Trinajstić information content (AvgIpc) is 3.08. The molecule has 50 heavy (non-hydrogen) atoms. The van der Waals surface area contributed by atoms with E-state index in [4.69, 9.17) is 4.74 Å². The molecule has 4 aromatic carbocycles. The van der Waals surface area contributed by atoms with Crippen LogP contribution in [0.2, 0.25) is 0 Å². The van der Waals surface area contributed by atoms with E-state index in [1.807, 2.05) is 30.3 Å². The highest BCUT2D eigenvalue weighted by Gasteiger charge is 2.35. The molecule has 0 radical (unpaired) electrons. The number of benzene rings is 4. The molecule has 0 saturated heterocycles. The Morgan fingerprint density at radius 1 is 0.880 bits per heavy atom. The van der Waals surface area contributed by atoms with Crippen molar-refractivity contribution >= 4 is 28.2 Å². The zero-order valence-corrected chi connectivity index (χ0v) is 29.4. The van der Waals surface area contributed by atoms with Crippen LogP contribution < -0.4 is 15.6 Å². The van der Waals surface area contributed by atoms with Crippen molar-refractivity contribution in [2.24, 2.45) is 11.3 Å². The molecule has 0 spiro atoms. The summed E-state index contributed by atoms with van der Waals surface area (Å²) in [5, 5.41) is 3.98. The molecule has 0 bridgehead atoms. The van der Waals surface area contributed by atoms with E-state index in [-0.39, 0.29) is 22.2 Å². The summed E-state index contributed by atoms with van der Waals surface area (Å²) in [6.07, 6.45) is 8.12. The van der Waals surface area contributed by atoms with Crippen molar-refractivity contribution in [3.05, 3.63) is 147 Å². The van der Waals surface area contributed by atoms with Crippen molar-refractivity contribution in [3.63, 3.8) is 0 Å². The van der Waals surface area contributed by atoms with Gasteiger partial charge in [0, 0.05) is 33.8 Å². The van der Waals surface area contributed by atoms with Crippen molar-refractivity contribution in [1.29, 1.82) is 0 Å². The summed E-state index contributed by atoms with van der Waals surface area (Å²) in [7, 11) is 0. The third-order valence-electron chi connectivity index (χ3n) is 9.62. The lowest BCUT2D eigenvalue weighted by atomic mass is 9.72. The Hall–Kier alpha value is -5.49. The first-order valence-corrected chi connectivity index (χ1v) is 17.3. The van der Waals surface area contributed by atoms with E-state index in [0.29, 0.717) is 61.8 Å². The molecular formula is C44H42N2O4. The fraction of sp³-hybridized carbons (Fsp3) is 0.250.